The van der Waals surface area contributed by atoms with E-state index >= 15 is 0 Å². The van der Waals surface area contributed by atoms with Crippen molar-refractivity contribution in [3.63, 3.8) is 0 Å². The lowest BCUT2D eigenvalue weighted by atomic mass is 10.0. The van der Waals surface area contributed by atoms with Crippen LogP contribution in [0, 0.1) is 5.92 Å². The standard InChI is InChI=1S/C14H18BrNO3/c1-19-13-6-5-9(7-11(13)15)8-16-12-4-2-3-10(12)14(17)18/h5-7,10,12,16H,2-4,8H2,1H3,(H,17,18)/t10-,12+/m0/s1. The van der Waals surface area contributed by atoms with Crippen LogP contribution in [0.25, 0.3) is 0 Å². The molecule has 0 bridgehead atoms. The van der Waals surface area contributed by atoms with Gasteiger partial charge in [-0.3, -0.25) is 4.79 Å². The molecule has 0 radical (unpaired) electrons. The maximum absolute atomic E-state index is 11.1. The van der Waals surface area contributed by atoms with Crippen molar-refractivity contribution < 1.29 is 14.6 Å². The smallest absolute Gasteiger partial charge is 0.308 e. The number of ether oxygens (including phenoxy) is 1. The van der Waals surface area contributed by atoms with Gasteiger partial charge in [0.2, 0.25) is 0 Å². The average Bonchev–Trinajstić information content (AvgIpc) is 2.85. The fraction of sp³-hybridized carbons (Fsp3) is 0.500. The third kappa shape index (κ3) is 3.48. The van der Waals surface area contributed by atoms with Crippen molar-refractivity contribution in [2.45, 2.75) is 31.8 Å². The van der Waals surface area contributed by atoms with E-state index in [0.29, 0.717) is 6.54 Å². The molecule has 0 unspecified atom stereocenters. The highest BCUT2D eigenvalue weighted by atomic mass is 79.9. The molecule has 1 aromatic carbocycles. The minimum atomic E-state index is -0.689. The number of nitrogens with one attached hydrogen (secondary N) is 1. The van der Waals surface area contributed by atoms with E-state index in [-0.39, 0.29) is 12.0 Å². The fourth-order valence-electron chi connectivity index (χ4n) is 2.57. The van der Waals surface area contributed by atoms with Crippen LogP contribution in [0.1, 0.15) is 24.8 Å². The summed E-state index contributed by atoms with van der Waals surface area (Å²) < 4.78 is 6.09. The van der Waals surface area contributed by atoms with Crippen LogP contribution in [-0.4, -0.2) is 24.2 Å². The average molecular weight is 328 g/mol. The molecule has 0 aliphatic heterocycles. The maximum atomic E-state index is 11.1. The lowest BCUT2D eigenvalue weighted by Gasteiger charge is -2.17. The van der Waals surface area contributed by atoms with Gasteiger partial charge >= 0.3 is 5.97 Å². The Kier molecular flexibility index (Phi) is 4.82. The van der Waals surface area contributed by atoms with Gasteiger partial charge < -0.3 is 15.2 Å². The highest BCUT2D eigenvalue weighted by Crippen LogP contribution is 2.28. The minimum absolute atomic E-state index is 0.0818. The van der Waals surface area contributed by atoms with Gasteiger partial charge in [0.1, 0.15) is 5.75 Å². The van der Waals surface area contributed by atoms with Gasteiger partial charge in [-0.15, -0.1) is 0 Å². The Labute approximate surface area is 121 Å². The van der Waals surface area contributed by atoms with Crippen molar-refractivity contribution in [2.75, 3.05) is 7.11 Å². The van der Waals surface area contributed by atoms with Gasteiger partial charge in [0.25, 0.3) is 0 Å². The predicted molar refractivity (Wildman–Crippen MR) is 76.3 cm³/mol. The first-order valence-corrected chi connectivity index (χ1v) is 7.19. The molecule has 1 aliphatic carbocycles. The summed E-state index contributed by atoms with van der Waals surface area (Å²) in [7, 11) is 1.63. The molecule has 0 aromatic heterocycles. The molecule has 2 rings (SSSR count). The third-order valence-corrected chi connectivity index (χ3v) is 4.24. The van der Waals surface area contributed by atoms with E-state index in [1.54, 1.807) is 7.11 Å². The highest BCUT2D eigenvalue weighted by Gasteiger charge is 2.32. The monoisotopic (exact) mass is 327 g/mol. The second-order valence-electron chi connectivity index (χ2n) is 4.83. The quantitative estimate of drug-likeness (QED) is 0.873. The SMILES string of the molecule is COc1ccc(CN[C@@H]2CCC[C@@H]2C(=O)O)cc1Br. The molecule has 0 amide bonds. The summed E-state index contributed by atoms with van der Waals surface area (Å²) in [6.45, 7) is 0.678. The van der Waals surface area contributed by atoms with Crippen LogP contribution < -0.4 is 10.1 Å². The number of benzene rings is 1. The van der Waals surface area contributed by atoms with Crippen LogP contribution >= 0.6 is 15.9 Å². The van der Waals surface area contributed by atoms with Crippen molar-refractivity contribution in [1.29, 1.82) is 0 Å². The predicted octanol–water partition coefficient (Wildman–Crippen LogP) is 2.80. The maximum Gasteiger partial charge on any atom is 0.308 e. The van der Waals surface area contributed by atoms with Crippen LogP contribution in [-0.2, 0) is 11.3 Å². The molecule has 0 heterocycles. The molecule has 1 aromatic rings. The Balaban J connectivity index is 1.95. The van der Waals surface area contributed by atoms with Gasteiger partial charge in [-0.25, -0.2) is 0 Å². The van der Waals surface area contributed by atoms with E-state index in [1.165, 1.54) is 0 Å². The molecule has 19 heavy (non-hydrogen) atoms. The summed E-state index contributed by atoms with van der Waals surface area (Å²) in [5.74, 6) is -0.138. The summed E-state index contributed by atoms with van der Waals surface area (Å²) in [6, 6.07) is 5.97. The zero-order valence-electron chi connectivity index (χ0n) is 10.9. The first-order chi connectivity index (χ1) is 9.11. The van der Waals surface area contributed by atoms with Gasteiger partial charge in [-0.1, -0.05) is 12.5 Å². The van der Waals surface area contributed by atoms with E-state index in [0.717, 1.165) is 35.0 Å². The molecule has 0 saturated heterocycles. The number of rotatable bonds is 5. The van der Waals surface area contributed by atoms with Crippen molar-refractivity contribution in [3.8, 4) is 5.75 Å². The largest absolute Gasteiger partial charge is 0.496 e. The first-order valence-electron chi connectivity index (χ1n) is 6.40. The molecule has 1 fully saturated rings. The van der Waals surface area contributed by atoms with Crippen LogP contribution in [0.4, 0.5) is 0 Å². The topological polar surface area (TPSA) is 58.6 Å². The fourth-order valence-corrected chi connectivity index (χ4v) is 3.16. The Hall–Kier alpha value is -1.07. The molecule has 2 atom stereocenters. The molecule has 1 aliphatic rings. The Bertz CT molecular complexity index is 464. The van der Waals surface area contributed by atoms with E-state index in [2.05, 4.69) is 21.2 Å². The van der Waals surface area contributed by atoms with Crippen LogP contribution in [0.15, 0.2) is 22.7 Å². The van der Waals surface area contributed by atoms with E-state index < -0.39 is 5.97 Å². The Morgan fingerprint density at radius 2 is 2.32 bits per heavy atom. The molecule has 1 saturated carbocycles. The molecular formula is C14H18BrNO3. The number of hydrogen-bond donors (Lipinski definition) is 2. The Morgan fingerprint density at radius 3 is 2.95 bits per heavy atom. The normalized spacial score (nSPS) is 22.4. The van der Waals surface area contributed by atoms with Crippen molar-refractivity contribution in [2.24, 2.45) is 5.92 Å². The first kappa shape index (κ1) is 14.3. The van der Waals surface area contributed by atoms with E-state index in [1.807, 2.05) is 18.2 Å². The van der Waals surface area contributed by atoms with Gasteiger partial charge in [0.05, 0.1) is 17.5 Å². The molecule has 4 nitrogen and oxygen atoms in total. The lowest BCUT2D eigenvalue weighted by molar-refractivity contribution is -0.142. The van der Waals surface area contributed by atoms with Crippen LogP contribution in [0.2, 0.25) is 0 Å². The second-order valence-corrected chi connectivity index (χ2v) is 5.69. The summed E-state index contributed by atoms with van der Waals surface area (Å²) in [5, 5.41) is 12.5. The van der Waals surface area contributed by atoms with Gasteiger partial charge in [0, 0.05) is 12.6 Å². The van der Waals surface area contributed by atoms with Crippen molar-refractivity contribution in [3.05, 3.63) is 28.2 Å². The third-order valence-electron chi connectivity index (χ3n) is 3.62. The van der Waals surface area contributed by atoms with Crippen LogP contribution in [0.5, 0.6) is 5.75 Å². The molecule has 0 spiro atoms. The number of carboxylic acids is 1. The van der Waals surface area contributed by atoms with Gasteiger partial charge in [-0.05, 0) is 46.5 Å². The molecule has 2 N–H and O–H groups in total. The highest BCUT2D eigenvalue weighted by molar-refractivity contribution is 9.10. The number of carbonyl (C=O) groups is 1. The summed E-state index contributed by atoms with van der Waals surface area (Å²) in [6.07, 6.45) is 2.70. The summed E-state index contributed by atoms with van der Waals surface area (Å²) >= 11 is 3.45. The van der Waals surface area contributed by atoms with Gasteiger partial charge in [-0.2, -0.15) is 0 Å². The lowest BCUT2D eigenvalue weighted by Crippen LogP contribution is -2.35. The second kappa shape index (κ2) is 6.39. The summed E-state index contributed by atoms with van der Waals surface area (Å²) in [5.41, 5.74) is 1.11. The molecule has 104 valence electrons. The number of aliphatic carboxylic acids is 1. The van der Waals surface area contributed by atoms with Crippen molar-refractivity contribution >= 4 is 21.9 Å². The number of methoxy groups -OCH3 is 1. The molecular weight excluding hydrogens is 310 g/mol. The number of halogens is 1. The number of hydrogen-bond acceptors (Lipinski definition) is 3. The zero-order valence-corrected chi connectivity index (χ0v) is 12.4. The van der Waals surface area contributed by atoms with E-state index in [4.69, 9.17) is 9.84 Å². The minimum Gasteiger partial charge on any atom is -0.496 e. The molecule has 5 heteroatoms. The summed E-state index contributed by atoms with van der Waals surface area (Å²) in [4.78, 5) is 11.1. The van der Waals surface area contributed by atoms with Crippen molar-refractivity contribution in [1.82, 2.24) is 5.32 Å². The number of carboxylic acid groups (broad SMARTS) is 1. The van der Waals surface area contributed by atoms with Gasteiger partial charge in [0.15, 0.2) is 0 Å². The zero-order chi connectivity index (χ0) is 13.8. The Morgan fingerprint density at radius 1 is 1.53 bits per heavy atom. The van der Waals surface area contributed by atoms with Crippen LogP contribution in [0.3, 0.4) is 0 Å². The van der Waals surface area contributed by atoms with E-state index in [9.17, 15) is 4.79 Å².